The second-order valence-corrected chi connectivity index (χ2v) is 7.55. The fraction of sp³-hybridized carbons (Fsp3) is 0.188. The van der Waals surface area contributed by atoms with E-state index in [4.69, 9.17) is 16.3 Å². The third-order valence-electron chi connectivity index (χ3n) is 2.87. The molecule has 22 heavy (non-hydrogen) atoms. The smallest absolute Gasteiger partial charge is 0.338 e. The highest BCUT2D eigenvalue weighted by atomic mass is 35.5. The molecule has 0 N–H and O–H groups in total. The number of rotatable bonds is 5. The lowest BCUT2D eigenvalue weighted by Crippen LogP contribution is -2.07. The maximum Gasteiger partial charge on any atom is 0.338 e. The summed E-state index contributed by atoms with van der Waals surface area (Å²) in [5, 5.41) is 0.614. The zero-order valence-corrected chi connectivity index (χ0v) is 13.5. The van der Waals surface area contributed by atoms with Gasteiger partial charge >= 0.3 is 5.97 Å². The second kappa shape index (κ2) is 6.94. The zero-order valence-electron chi connectivity index (χ0n) is 12.0. The van der Waals surface area contributed by atoms with Crippen LogP contribution in [0.2, 0.25) is 5.02 Å². The number of sulfone groups is 1. The Morgan fingerprint density at radius 3 is 2.41 bits per heavy atom. The average Bonchev–Trinajstić information content (AvgIpc) is 2.45. The third-order valence-corrected chi connectivity index (χ3v) is 3.98. The minimum absolute atomic E-state index is 0.106. The van der Waals surface area contributed by atoms with E-state index in [1.165, 1.54) is 6.07 Å². The lowest BCUT2D eigenvalue weighted by molar-refractivity contribution is 0.0472. The summed E-state index contributed by atoms with van der Waals surface area (Å²) in [6.07, 6.45) is 1.15. The molecule has 0 saturated heterocycles. The van der Waals surface area contributed by atoms with Crippen molar-refractivity contribution in [3.05, 3.63) is 70.2 Å². The predicted molar refractivity (Wildman–Crippen MR) is 85.6 cm³/mol. The van der Waals surface area contributed by atoms with Gasteiger partial charge in [0, 0.05) is 11.3 Å². The van der Waals surface area contributed by atoms with Crippen LogP contribution in [0.15, 0.2) is 48.5 Å². The molecule has 0 aliphatic heterocycles. The van der Waals surface area contributed by atoms with Crippen molar-refractivity contribution in [3.63, 3.8) is 0 Å². The Kier molecular flexibility index (Phi) is 5.21. The number of benzene rings is 2. The molecule has 2 aromatic carbocycles. The second-order valence-electron chi connectivity index (χ2n) is 4.97. The first-order chi connectivity index (χ1) is 10.3. The molecule has 0 saturated carbocycles. The summed E-state index contributed by atoms with van der Waals surface area (Å²) < 4.78 is 27.8. The van der Waals surface area contributed by atoms with E-state index in [2.05, 4.69) is 0 Å². The van der Waals surface area contributed by atoms with Crippen molar-refractivity contribution in [2.75, 3.05) is 6.26 Å². The van der Waals surface area contributed by atoms with E-state index in [-0.39, 0.29) is 12.4 Å². The van der Waals surface area contributed by atoms with Gasteiger partial charge in [0.15, 0.2) is 9.84 Å². The van der Waals surface area contributed by atoms with Crippen LogP contribution < -0.4 is 0 Å². The summed E-state index contributed by atoms with van der Waals surface area (Å²) in [4.78, 5) is 12.0. The molecule has 116 valence electrons. The molecule has 0 heterocycles. The molecule has 0 aliphatic rings. The van der Waals surface area contributed by atoms with Crippen molar-refractivity contribution >= 4 is 27.4 Å². The van der Waals surface area contributed by atoms with Crippen LogP contribution in [0.5, 0.6) is 0 Å². The minimum atomic E-state index is -3.14. The normalized spacial score (nSPS) is 11.2. The fourth-order valence-electron chi connectivity index (χ4n) is 1.90. The Morgan fingerprint density at radius 2 is 1.77 bits per heavy atom. The maximum atomic E-state index is 12.0. The number of carbonyl (C=O) groups is 1. The van der Waals surface area contributed by atoms with Crippen LogP contribution >= 0.6 is 11.6 Å². The van der Waals surface area contributed by atoms with E-state index in [0.29, 0.717) is 16.1 Å². The number of hydrogen-bond acceptors (Lipinski definition) is 4. The zero-order chi connectivity index (χ0) is 16.2. The SMILES string of the molecule is CS(=O)(=O)Cc1cccc(C(=O)OCc2ccc(Cl)cc2)c1. The van der Waals surface area contributed by atoms with Gasteiger partial charge in [0.25, 0.3) is 0 Å². The summed E-state index contributed by atoms with van der Waals surface area (Å²) in [6, 6.07) is 13.4. The molecule has 0 aliphatic carbocycles. The lowest BCUT2D eigenvalue weighted by atomic mass is 10.1. The number of carbonyl (C=O) groups excluding carboxylic acids is 1. The molecule has 6 heteroatoms. The van der Waals surface area contributed by atoms with Gasteiger partial charge in [-0.15, -0.1) is 0 Å². The molecule has 0 aromatic heterocycles. The van der Waals surface area contributed by atoms with Crippen LogP contribution in [0, 0.1) is 0 Å². The van der Waals surface area contributed by atoms with E-state index in [9.17, 15) is 13.2 Å². The van der Waals surface area contributed by atoms with Crippen molar-refractivity contribution in [2.45, 2.75) is 12.4 Å². The molecule has 2 rings (SSSR count). The first-order valence-corrected chi connectivity index (χ1v) is 8.95. The van der Waals surface area contributed by atoms with Gasteiger partial charge in [-0.1, -0.05) is 35.9 Å². The van der Waals surface area contributed by atoms with E-state index in [0.717, 1.165) is 11.8 Å². The van der Waals surface area contributed by atoms with Crippen LogP contribution in [0.1, 0.15) is 21.5 Å². The Morgan fingerprint density at radius 1 is 1.09 bits per heavy atom. The van der Waals surface area contributed by atoms with E-state index < -0.39 is 15.8 Å². The van der Waals surface area contributed by atoms with Gasteiger partial charge < -0.3 is 4.74 Å². The van der Waals surface area contributed by atoms with Crippen LogP contribution in [-0.4, -0.2) is 20.6 Å². The molecule has 0 unspecified atom stereocenters. The number of esters is 1. The van der Waals surface area contributed by atoms with Crippen molar-refractivity contribution in [3.8, 4) is 0 Å². The van der Waals surface area contributed by atoms with Crippen molar-refractivity contribution in [2.24, 2.45) is 0 Å². The highest BCUT2D eigenvalue weighted by molar-refractivity contribution is 7.89. The van der Waals surface area contributed by atoms with Crippen LogP contribution in [0.4, 0.5) is 0 Å². The molecule has 0 spiro atoms. The Balaban J connectivity index is 2.03. The van der Waals surface area contributed by atoms with Gasteiger partial charge in [-0.25, -0.2) is 13.2 Å². The molecule has 0 amide bonds. The van der Waals surface area contributed by atoms with Gasteiger partial charge in [-0.05, 0) is 35.4 Å². The molecular formula is C16H15ClO4S. The van der Waals surface area contributed by atoms with Gasteiger partial charge in [-0.2, -0.15) is 0 Å². The number of halogens is 1. The van der Waals surface area contributed by atoms with E-state index in [1.807, 2.05) is 0 Å². The molecule has 0 radical (unpaired) electrons. The molecule has 4 nitrogen and oxygen atoms in total. The monoisotopic (exact) mass is 338 g/mol. The topological polar surface area (TPSA) is 60.4 Å². The quantitative estimate of drug-likeness (QED) is 0.785. The first kappa shape index (κ1) is 16.5. The van der Waals surface area contributed by atoms with Gasteiger partial charge in [-0.3, -0.25) is 0 Å². The van der Waals surface area contributed by atoms with Crippen molar-refractivity contribution in [1.29, 1.82) is 0 Å². The van der Waals surface area contributed by atoms with Crippen molar-refractivity contribution < 1.29 is 17.9 Å². The van der Waals surface area contributed by atoms with Crippen LogP contribution in [-0.2, 0) is 26.9 Å². The summed E-state index contributed by atoms with van der Waals surface area (Å²) in [5.41, 5.74) is 1.71. The van der Waals surface area contributed by atoms with Crippen LogP contribution in [0.3, 0.4) is 0 Å². The summed E-state index contributed by atoms with van der Waals surface area (Å²) in [6.45, 7) is 0.131. The Hall–Kier alpha value is -1.85. The lowest BCUT2D eigenvalue weighted by Gasteiger charge is -2.06. The van der Waals surface area contributed by atoms with E-state index >= 15 is 0 Å². The Labute approximate surface area is 134 Å². The predicted octanol–water partition coefficient (Wildman–Crippen LogP) is 3.24. The molecular weight excluding hydrogens is 324 g/mol. The fourth-order valence-corrected chi connectivity index (χ4v) is 2.81. The highest BCUT2D eigenvalue weighted by Gasteiger charge is 2.10. The third kappa shape index (κ3) is 5.16. The van der Waals surface area contributed by atoms with Crippen molar-refractivity contribution in [1.82, 2.24) is 0 Å². The summed E-state index contributed by atoms with van der Waals surface area (Å²) in [7, 11) is -3.14. The number of ether oxygens (including phenoxy) is 1. The average molecular weight is 339 g/mol. The minimum Gasteiger partial charge on any atom is -0.457 e. The van der Waals surface area contributed by atoms with Crippen LogP contribution in [0.25, 0.3) is 0 Å². The van der Waals surface area contributed by atoms with Gasteiger partial charge in [0.2, 0.25) is 0 Å². The van der Waals surface area contributed by atoms with Gasteiger partial charge in [0.05, 0.1) is 11.3 Å². The molecule has 2 aromatic rings. The molecule has 0 atom stereocenters. The summed E-state index contributed by atoms with van der Waals surface area (Å²) in [5.74, 6) is -0.601. The Bertz CT molecular complexity index is 767. The standard InChI is InChI=1S/C16H15ClO4S/c1-22(19,20)11-13-3-2-4-14(9-13)16(18)21-10-12-5-7-15(17)8-6-12/h2-9H,10-11H2,1H3. The van der Waals surface area contributed by atoms with Gasteiger partial charge in [0.1, 0.15) is 6.61 Å². The molecule has 0 fully saturated rings. The molecule has 0 bridgehead atoms. The largest absolute Gasteiger partial charge is 0.457 e. The number of hydrogen-bond donors (Lipinski definition) is 0. The van der Waals surface area contributed by atoms with E-state index in [1.54, 1.807) is 42.5 Å². The highest BCUT2D eigenvalue weighted by Crippen LogP contribution is 2.13. The maximum absolute atomic E-state index is 12.0. The first-order valence-electron chi connectivity index (χ1n) is 6.52. The summed E-state index contributed by atoms with van der Waals surface area (Å²) >= 11 is 5.78.